The number of hydrogen-bond acceptors (Lipinski definition) is 3. The Morgan fingerprint density at radius 2 is 1.81 bits per heavy atom. The van der Waals surface area contributed by atoms with Crippen molar-refractivity contribution in [3.05, 3.63) is 30.3 Å². The Labute approximate surface area is 123 Å². The number of rotatable bonds is 7. The van der Waals surface area contributed by atoms with Crippen molar-refractivity contribution in [2.45, 2.75) is 32.6 Å². The van der Waals surface area contributed by atoms with Crippen LogP contribution in [0.15, 0.2) is 30.3 Å². The Hall–Kier alpha value is -2.37. The molecule has 6 heteroatoms. The zero-order chi connectivity index (χ0) is 15.7. The minimum Gasteiger partial charge on any atom is -0.481 e. The first-order chi connectivity index (χ1) is 10.0. The van der Waals surface area contributed by atoms with Crippen LogP contribution in [-0.2, 0) is 9.59 Å². The Kier molecular flexibility index (Phi) is 6.94. The fourth-order valence-electron chi connectivity index (χ4n) is 1.74. The van der Waals surface area contributed by atoms with E-state index in [4.69, 9.17) is 5.11 Å². The van der Waals surface area contributed by atoms with Crippen LogP contribution in [0.4, 0.5) is 10.5 Å². The van der Waals surface area contributed by atoms with Crippen LogP contribution < -0.4 is 10.2 Å². The van der Waals surface area contributed by atoms with E-state index in [1.165, 1.54) is 4.90 Å². The van der Waals surface area contributed by atoms with Crippen molar-refractivity contribution in [3.8, 4) is 0 Å². The summed E-state index contributed by atoms with van der Waals surface area (Å²) in [5.41, 5.74) is 0.703. The van der Waals surface area contributed by atoms with Crippen LogP contribution in [0, 0.1) is 0 Å². The van der Waals surface area contributed by atoms with Crippen LogP contribution in [0.2, 0.25) is 0 Å². The summed E-state index contributed by atoms with van der Waals surface area (Å²) in [6.45, 7) is 2.51. The molecular weight excluding hydrogens is 272 g/mol. The average molecular weight is 292 g/mol. The molecule has 1 aromatic carbocycles. The second-order valence-electron chi connectivity index (χ2n) is 4.59. The third-order valence-corrected chi connectivity index (χ3v) is 2.86. The molecule has 1 aromatic rings. The van der Waals surface area contributed by atoms with Crippen molar-refractivity contribution in [2.75, 3.05) is 11.4 Å². The molecule has 2 N–H and O–H groups in total. The number of amides is 3. The first kappa shape index (κ1) is 16.7. The highest BCUT2D eigenvalue weighted by Crippen LogP contribution is 2.14. The quantitative estimate of drug-likeness (QED) is 0.808. The van der Waals surface area contributed by atoms with Gasteiger partial charge < -0.3 is 5.11 Å². The molecule has 0 aromatic heterocycles. The highest BCUT2D eigenvalue weighted by Gasteiger charge is 2.17. The lowest BCUT2D eigenvalue weighted by molar-refractivity contribution is -0.138. The standard InChI is InChI=1S/C15H20N2O4/c1-2-3-11-17(12-7-5-4-6-8-12)15(21)16-13(18)9-10-14(19)20/h4-8H,2-3,9-11H2,1H3,(H,19,20)(H,16,18,21). The molecule has 0 heterocycles. The van der Waals surface area contributed by atoms with Gasteiger partial charge in [0.25, 0.3) is 0 Å². The number of imide groups is 1. The van der Waals surface area contributed by atoms with Crippen molar-refractivity contribution in [2.24, 2.45) is 0 Å². The van der Waals surface area contributed by atoms with Gasteiger partial charge in [-0.1, -0.05) is 31.5 Å². The molecule has 0 aliphatic heterocycles. The number of para-hydroxylation sites is 1. The third kappa shape index (κ3) is 6.07. The maximum absolute atomic E-state index is 12.2. The van der Waals surface area contributed by atoms with Gasteiger partial charge in [0.2, 0.25) is 5.91 Å². The summed E-state index contributed by atoms with van der Waals surface area (Å²) >= 11 is 0. The molecule has 0 spiro atoms. The van der Waals surface area contributed by atoms with Crippen molar-refractivity contribution < 1.29 is 19.5 Å². The number of nitrogens with one attached hydrogen (secondary N) is 1. The van der Waals surface area contributed by atoms with Crippen molar-refractivity contribution in [1.82, 2.24) is 5.32 Å². The predicted octanol–water partition coefficient (Wildman–Crippen LogP) is 2.39. The number of aliphatic carboxylic acids is 1. The van der Waals surface area contributed by atoms with Crippen molar-refractivity contribution >= 4 is 23.6 Å². The Morgan fingerprint density at radius 1 is 1.14 bits per heavy atom. The minimum atomic E-state index is -1.07. The number of benzene rings is 1. The topological polar surface area (TPSA) is 86.7 Å². The van der Waals surface area contributed by atoms with Gasteiger partial charge in [-0.25, -0.2) is 4.79 Å². The minimum absolute atomic E-state index is 0.211. The Morgan fingerprint density at radius 3 is 2.38 bits per heavy atom. The first-order valence-corrected chi connectivity index (χ1v) is 6.92. The summed E-state index contributed by atoms with van der Waals surface area (Å²) in [6.07, 6.45) is 1.23. The average Bonchev–Trinajstić information content (AvgIpc) is 2.46. The van der Waals surface area contributed by atoms with Gasteiger partial charge in [0.15, 0.2) is 0 Å². The smallest absolute Gasteiger partial charge is 0.328 e. The SMILES string of the molecule is CCCCN(C(=O)NC(=O)CCC(=O)O)c1ccccc1. The molecule has 0 fully saturated rings. The summed E-state index contributed by atoms with van der Waals surface area (Å²) < 4.78 is 0. The second-order valence-corrected chi connectivity index (χ2v) is 4.59. The summed E-state index contributed by atoms with van der Waals surface area (Å²) in [5.74, 6) is -1.65. The lowest BCUT2D eigenvalue weighted by Crippen LogP contribution is -2.43. The molecule has 0 aliphatic rings. The van der Waals surface area contributed by atoms with Crippen LogP contribution in [-0.4, -0.2) is 29.6 Å². The van der Waals surface area contributed by atoms with E-state index in [1.807, 2.05) is 25.1 Å². The lowest BCUT2D eigenvalue weighted by atomic mass is 10.2. The number of carboxylic acids is 1. The normalized spacial score (nSPS) is 9.95. The van der Waals surface area contributed by atoms with Gasteiger partial charge in [-0.15, -0.1) is 0 Å². The van der Waals surface area contributed by atoms with E-state index in [2.05, 4.69) is 5.32 Å². The van der Waals surface area contributed by atoms with E-state index in [-0.39, 0.29) is 12.8 Å². The molecule has 0 saturated carbocycles. The molecule has 21 heavy (non-hydrogen) atoms. The van der Waals surface area contributed by atoms with Crippen LogP contribution in [0.1, 0.15) is 32.6 Å². The maximum atomic E-state index is 12.2. The number of carboxylic acid groups (broad SMARTS) is 1. The van der Waals surface area contributed by atoms with E-state index in [1.54, 1.807) is 12.1 Å². The number of anilines is 1. The highest BCUT2D eigenvalue weighted by molar-refractivity contribution is 6.03. The molecule has 0 saturated heterocycles. The summed E-state index contributed by atoms with van der Waals surface area (Å²) in [5, 5.41) is 10.8. The molecule has 0 atom stereocenters. The summed E-state index contributed by atoms with van der Waals surface area (Å²) in [4.78, 5) is 35.6. The molecule has 0 unspecified atom stereocenters. The van der Waals surface area contributed by atoms with Gasteiger partial charge in [-0.05, 0) is 18.6 Å². The third-order valence-electron chi connectivity index (χ3n) is 2.86. The number of unbranched alkanes of at least 4 members (excludes halogenated alkanes) is 1. The van der Waals surface area contributed by atoms with Crippen molar-refractivity contribution in [3.63, 3.8) is 0 Å². The largest absolute Gasteiger partial charge is 0.481 e. The number of urea groups is 1. The van der Waals surface area contributed by atoms with Crippen LogP contribution >= 0.6 is 0 Å². The molecule has 114 valence electrons. The zero-order valence-corrected chi connectivity index (χ0v) is 12.0. The molecular formula is C15H20N2O4. The van der Waals surface area contributed by atoms with Gasteiger partial charge in [0, 0.05) is 18.7 Å². The van der Waals surface area contributed by atoms with E-state index in [0.29, 0.717) is 12.2 Å². The van der Waals surface area contributed by atoms with Crippen LogP contribution in [0.25, 0.3) is 0 Å². The monoisotopic (exact) mass is 292 g/mol. The summed E-state index contributed by atoms with van der Waals surface area (Å²) in [6, 6.07) is 8.53. The van der Waals surface area contributed by atoms with Crippen LogP contribution in [0.5, 0.6) is 0 Å². The molecule has 3 amide bonds. The van der Waals surface area contributed by atoms with E-state index < -0.39 is 17.9 Å². The van der Waals surface area contributed by atoms with Gasteiger partial charge in [0.05, 0.1) is 6.42 Å². The molecule has 0 bridgehead atoms. The summed E-state index contributed by atoms with van der Waals surface area (Å²) in [7, 11) is 0. The van der Waals surface area contributed by atoms with Gasteiger partial charge >= 0.3 is 12.0 Å². The van der Waals surface area contributed by atoms with E-state index in [0.717, 1.165) is 12.8 Å². The second kappa shape index (κ2) is 8.73. The highest BCUT2D eigenvalue weighted by atomic mass is 16.4. The van der Waals surface area contributed by atoms with Gasteiger partial charge in [-0.2, -0.15) is 0 Å². The maximum Gasteiger partial charge on any atom is 0.328 e. The molecule has 0 radical (unpaired) electrons. The Balaban J connectivity index is 2.67. The number of carbonyl (C=O) groups excluding carboxylic acids is 2. The number of hydrogen-bond donors (Lipinski definition) is 2. The number of carbonyl (C=O) groups is 3. The van der Waals surface area contributed by atoms with Gasteiger partial charge in [0.1, 0.15) is 0 Å². The first-order valence-electron chi connectivity index (χ1n) is 6.92. The Bertz CT molecular complexity index is 488. The fourth-order valence-corrected chi connectivity index (χ4v) is 1.74. The van der Waals surface area contributed by atoms with E-state index >= 15 is 0 Å². The molecule has 0 aliphatic carbocycles. The zero-order valence-electron chi connectivity index (χ0n) is 12.0. The molecule has 6 nitrogen and oxygen atoms in total. The predicted molar refractivity (Wildman–Crippen MR) is 79.1 cm³/mol. The number of nitrogens with zero attached hydrogens (tertiary/aromatic N) is 1. The van der Waals surface area contributed by atoms with Crippen molar-refractivity contribution in [1.29, 1.82) is 0 Å². The van der Waals surface area contributed by atoms with Crippen LogP contribution in [0.3, 0.4) is 0 Å². The lowest BCUT2D eigenvalue weighted by Gasteiger charge is -2.22. The van der Waals surface area contributed by atoms with E-state index in [9.17, 15) is 14.4 Å². The van der Waals surface area contributed by atoms with Gasteiger partial charge in [-0.3, -0.25) is 19.8 Å². The fraction of sp³-hybridized carbons (Fsp3) is 0.400. The molecule has 1 rings (SSSR count).